The lowest BCUT2D eigenvalue weighted by Gasteiger charge is -2.15. The molecule has 2 aromatic carbocycles. The van der Waals surface area contributed by atoms with E-state index in [1.165, 1.54) is 16.9 Å². The van der Waals surface area contributed by atoms with Crippen LogP contribution in [0, 0.1) is 13.8 Å². The van der Waals surface area contributed by atoms with E-state index >= 15 is 0 Å². The lowest BCUT2D eigenvalue weighted by atomic mass is 10.1. The Kier molecular flexibility index (Phi) is 6.47. The highest BCUT2D eigenvalue weighted by atomic mass is 32.2. The van der Waals surface area contributed by atoms with Gasteiger partial charge in [0.05, 0.1) is 0 Å². The van der Waals surface area contributed by atoms with Crippen molar-refractivity contribution in [3.8, 4) is 5.75 Å². The number of aromatic nitrogens is 2. The Labute approximate surface area is 167 Å². The van der Waals surface area contributed by atoms with Crippen LogP contribution in [0.15, 0.2) is 52.9 Å². The van der Waals surface area contributed by atoms with E-state index in [1.807, 2.05) is 50.2 Å². The Morgan fingerprint density at radius 1 is 1.19 bits per heavy atom. The van der Waals surface area contributed by atoms with Crippen molar-refractivity contribution >= 4 is 34.1 Å². The number of rotatable bonds is 7. The van der Waals surface area contributed by atoms with E-state index in [2.05, 4.69) is 27.6 Å². The minimum Gasteiger partial charge on any atom is -0.481 e. The van der Waals surface area contributed by atoms with Gasteiger partial charge in [0.2, 0.25) is 5.13 Å². The summed E-state index contributed by atoms with van der Waals surface area (Å²) in [6.07, 6.45) is -0.630. The number of nitrogens with one attached hydrogen (secondary N) is 1. The molecule has 3 rings (SSSR count). The molecule has 0 aliphatic rings. The molecule has 1 amide bonds. The van der Waals surface area contributed by atoms with Gasteiger partial charge in [-0.25, -0.2) is 0 Å². The molecule has 0 saturated carbocycles. The smallest absolute Gasteiger partial charge is 0.266 e. The second-order valence-corrected chi connectivity index (χ2v) is 8.37. The van der Waals surface area contributed by atoms with E-state index in [9.17, 15) is 4.79 Å². The highest BCUT2D eigenvalue weighted by Gasteiger charge is 2.18. The summed E-state index contributed by atoms with van der Waals surface area (Å²) in [5, 5.41) is 11.4. The summed E-state index contributed by atoms with van der Waals surface area (Å²) in [6, 6.07) is 16.1. The van der Waals surface area contributed by atoms with Crippen molar-refractivity contribution in [2.75, 3.05) is 5.32 Å². The zero-order valence-electron chi connectivity index (χ0n) is 15.4. The SMILES string of the molecule is Cc1ccc(C)c(O[C@@H](C)C(=O)Nc2nnc(SCc3ccccc3)s2)c1. The maximum atomic E-state index is 12.4. The third-order valence-corrected chi connectivity index (χ3v) is 5.90. The summed E-state index contributed by atoms with van der Waals surface area (Å²) in [5.74, 6) is 1.29. The fraction of sp³-hybridized carbons (Fsp3) is 0.250. The van der Waals surface area contributed by atoms with Crippen LogP contribution in [0.3, 0.4) is 0 Å². The average molecular weight is 400 g/mol. The first-order valence-corrected chi connectivity index (χ1v) is 10.4. The van der Waals surface area contributed by atoms with E-state index in [-0.39, 0.29) is 5.91 Å². The molecule has 0 fully saturated rings. The first-order valence-electron chi connectivity index (χ1n) is 8.56. The number of hydrogen-bond acceptors (Lipinski definition) is 6. The maximum absolute atomic E-state index is 12.4. The lowest BCUT2D eigenvalue weighted by molar-refractivity contribution is -0.122. The van der Waals surface area contributed by atoms with Crippen LogP contribution < -0.4 is 10.1 Å². The summed E-state index contributed by atoms with van der Waals surface area (Å²) in [4.78, 5) is 12.4. The normalized spacial score (nSPS) is 11.8. The molecular formula is C20H21N3O2S2. The molecule has 1 aromatic heterocycles. The number of carbonyl (C=O) groups excluding carboxylic acids is 1. The minimum atomic E-state index is -0.630. The average Bonchev–Trinajstić information content (AvgIpc) is 3.11. The van der Waals surface area contributed by atoms with Gasteiger partial charge >= 0.3 is 0 Å². The van der Waals surface area contributed by atoms with Crippen molar-refractivity contribution in [1.82, 2.24) is 10.2 Å². The molecule has 140 valence electrons. The Bertz CT molecular complexity index is 913. The van der Waals surface area contributed by atoms with Gasteiger partial charge in [0, 0.05) is 5.75 Å². The number of benzene rings is 2. The van der Waals surface area contributed by atoms with E-state index in [1.54, 1.807) is 18.7 Å². The topological polar surface area (TPSA) is 64.1 Å². The molecule has 0 radical (unpaired) electrons. The molecule has 0 unspecified atom stereocenters. The van der Waals surface area contributed by atoms with Crippen LogP contribution in [-0.2, 0) is 10.5 Å². The Morgan fingerprint density at radius 2 is 1.96 bits per heavy atom. The zero-order chi connectivity index (χ0) is 19.2. The summed E-state index contributed by atoms with van der Waals surface area (Å²) in [6.45, 7) is 5.68. The molecule has 7 heteroatoms. The summed E-state index contributed by atoms with van der Waals surface area (Å²) < 4.78 is 6.63. The van der Waals surface area contributed by atoms with Crippen LogP contribution in [0.5, 0.6) is 5.75 Å². The summed E-state index contributed by atoms with van der Waals surface area (Å²) in [5.41, 5.74) is 3.31. The molecule has 0 saturated heterocycles. The van der Waals surface area contributed by atoms with E-state index in [0.29, 0.717) is 10.9 Å². The number of amides is 1. The van der Waals surface area contributed by atoms with E-state index in [4.69, 9.17) is 4.74 Å². The summed E-state index contributed by atoms with van der Waals surface area (Å²) in [7, 11) is 0. The number of thioether (sulfide) groups is 1. The fourth-order valence-electron chi connectivity index (χ4n) is 2.32. The van der Waals surface area contributed by atoms with Gasteiger partial charge < -0.3 is 4.74 Å². The molecule has 0 spiro atoms. The number of anilines is 1. The van der Waals surface area contributed by atoms with E-state index in [0.717, 1.165) is 21.2 Å². The molecule has 5 nitrogen and oxygen atoms in total. The van der Waals surface area contributed by atoms with Crippen molar-refractivity contribution in [2.45, 2.75) is 37.0 Å². The third-order valence-electron chi connectivity index (χ3n) is 3.86. The first-order chi connectivity index (χ1) is 13.0. The molecule has 0 aliphatic carbocycles. The van der Waals surface area contributed by atoms with Crippen molar-refractivity contribution in [1.29, 1.82) is 0 Å². The molecule has 27 heavy (non-hydrogen) atoms. The highest BCUT2D eigenvalue weighted by Crippen LogP contribution is 2.28. The van der Waals surface area contributed by atoms with Crippen molar-refractivity contribution in [3.05, 3.63) is 65.2 Å². The van der Waals surface area contributed by atoms with Gasteiger partial charge in [-0.05, 0) is 43.5 Å². The standard InChI is InChI=1S/C20H21N3O2S2/c1-13-9-10-14(2)17(11-13)25-15(3)18(24)21-19-22-23-20(27-19)26-12-16-7-5-4-6-8-16/h4-11,15H,12H2,1-3H3,(H,21,22,24)/t15-/m0/s1. The van der Waals surface area contributed by atoms with Crippen LogP contribution in [0.1, 0.15) is 23.6 Å². The quantitative estimate of drug-likeness (QED) is 0.454. The van der Waals surface area contributed by atoms with Gasteiger partial charge in [-0.2, -0.15) is 0 Å². The molecule has 1 N–H and O–H groups in total. The number of aryl methyl sites for hydroxylation is 2. The zero-order valence-corrected chi connectivity index (χ0v) is 17.1. The number of hydrogen-bond donors (Lipinski definition) is 1. The molecule has 0 bridgehead atoms. The number of ether oxygens (including phenoxy) is 1. The first kappa shape index (κ1) is 19.4. The predicted molar refractivity (Wildman–Crippen MR) is 111 cm³/mol. The molecule has 1 heterocycles. The Hall–Kier alpha value is -2.38. The Morgan fingerprint density at radius 3 is 2.74 bits per heavy atom. The monoisotopic (exact) mass is 399 g/mol. The number of carbonyl (C=O) groups is 1. The molecular weight excluding hydrogens is 378 g/mol. The van der Waals surface area contributed by atoms with Gasteiger partial charge in [0.1, 0.15) is 5.75 Å². The van der Waals surface area contributed by atoms with Crippen LogP contribution in [0.2, 0.25) is 0 Å². The van der Waals surface area contributed by atoms with Crippen LogP contribution in [0.4, 0.5) is 5.13 Å². The van der Waals surface area contributed by atoms with Gasteiger partial charge in [-0.3, -0.25) is 10.1 Å². The van der Waals surface area contributed by atoms with Gasteiger partial charge in [0.25, 0.3) is 5.91 Å². The maximum Gasteiger partial charge on any atom is 0.266 e. The molecule has 1 atom stereocenters. The summed E-state index contributed by atoms with van der Waals surface area (Å²) >= 11 is 2.96. The van der Waals surface area contributed by atoms with Crippen molar-refractivity contribution in [2.24, 2.45) is 0 Å². The number of nitrogens with zero attached hydrogens (tertiary/aromatic N) is 2. The minimum absolute atomic E-state index is 0.244. The second-order valence-electron chi connectivity index (χ2n) is 6.17. The fourth-order valence-corrected chi connectivity index (χ4v) is 4.03. The second kappa shape index (κ2) is 9.01. The van der Waals surface area contributed by atoms with Gasteiger partial charge in [-0.15, -0.1) is 10.2 Å². The van der Waals surface area contributed by atoms with Crippen LogP contribution >= 0.6 is 23.1 Å². The highest BCUT2D eigenvalue weighted by molar-refractivity contribution is 8.00. The lowest BCUT2D eigenvalue weighted by Crippen LogP contribution is -2.30. The van der Waals surface area contributed by atoms with Crippen molar-refractivity contribution in [3.63, 3.8) is 0 Å². The largest absolute Gasteiger partial charge is 0.481 e. The van der Waals surface area contributed by atoms with Gasteiger partial charge in [0.15, 0.2) is 10.4 Å². The molecule has 0 aliphatic heterocycles. The van der Waals surface area contributed by atoms with Crippen molar-refractivity contribution < 1.29 is 9.53 Å². The van der Waals surface area contributed by atoms with Crippen LogP contribution in [0.25, 0.3) is 0 Å². The predicted octanol–water partition coefficient (Wildman–Crippen LogP) is 4.85. The van der Waals surface area contributed by atoms with Crippen LogP contribution in [-0.4, -0.2) is 22.2 Å². The van der Waals surface area contributed by atoms with Gasteiger partial charge in [-0.1, -0.05) is 65.6 Å². The molecule has 3 aromatic rings. The van der Waals surface area contributed by atoms with E-state index < -0.39 is 6.10 Å². The Balaban J connectivity index is 1.54. The third kappa shape index (κ3) is 5.55.